The van der Waals surface area contributed by atoms with E-state index in [4.69, 9.17) is 11.6 Å². The van der Waals surface area contributed by atoms with Crippen molar-refractivity contribution < 1.29 is 4.39 Å². The Morgan fingerprint density at radius 1 is 1.19 bits per heavy atom. The van der Waals surface area contributed by atoms with E-state index in [-0.39, 0.29) is 10.8 Å². The topological polar surface area (TPSA) is 24.9 Å². The molecule has 0 saturated carbocycles. The molecular weight excluding hydrogens is 355 g/mol. The Morgan fingerprint density at radius 2 is 2.00 bits per heavy atom. The summed E-state index contributed by atoms with van der Waals surface area (Å²) >= 11 is 9.19. The van der Waals surface area contributed by atoms with E-state index >= 15 is 0 Å². The average Bonchev–Trinajstić information content (AvgIpc) is 2.48. The van der Waals surface area contributed by atoms with Crippen molar-refractivity contribution in [2.45, 2.75) is 6.54 Å². The molecule has 0 aliphatic carbocycles. The van der Waals surface area contributed by atoms with Crippen molar-refractivity contribution in [1.82, 2.24) is 4.98 Å². The number of benzene rings is 2. The molecule has 0 aliphatic heterocycles. The van der Waals surface area contributed by atoms with Gasteiger partial charge in [-0.15, -0.1) is 0 Å². The first-order valence-corrected chi connectivity index (χ1v) is 7.53. The highest BCUT2D eigenvalue weighted by molar-refractivity contribution is 9.10. The lowest BCUT2D eigenvalue weighted by Crippen LogP contribution is -2.03. The molecule has 2 nitrogen and oxygen atoms in total. The lowest BCUT2D eigenvalue weighted by molar-refractivity contribution is 0.613. The van der Waals surface area contributed by atoms with Gasteiger partial charge in [-0.2, -0.15) is 0 Å². The van der Waals surface area contributed by atoms with Crippen LogP contribution in [0, 0.1) is 5.82 Å². The summed E-state index contributed by atoms with van der Waals surface area (Å²) in [5, 5.41) is 4.36. The third-order valence-electron chi connectivity index (χ3n) is 3.18. The Hall–Kier alpha value is -1.65. The maximum Gasteiger partial charge on any atom is 0.146 e. The summed E-state index contributed by atoms with van der Waals surface area (Å²) in [7, 11) is 0. The number of rotatable bonds is 3. The fourth-order valence-corrected chi connectivity index (χ4v) is 2.70. The quantitative estimate of drug-likeness (QED) is 0.672. The molecule has 1 heterocycles. The Morgan fingerprint density at radius 3 is 2.86 bits per heavy atom. The van der Waals surface area contributed by atoms with Gasteiger partial charge in [0.05, 0.1) is 16.2 Å². The molecule has 0 unspecified atom stereocenters. The van der Waals surface area contributed by atoms with Gasteiger partial charge in [0, 0.05) is 28.2 Å². The molecule has 3 aromatic rings. The number of para-hydroxylation sites is 1. The second-order valence-corrected chi connectivity index (χ2v) is 5.92. The number of hydrogen-bond acceptors (Lipinski definition) is 2. The minimum Gasteiger partial charge on any atom is -0.379 e. The molecule has 0 saturated heterocycles. The lowest BCUT2D eigenvalue weighted by Gasteiger charge is -2.10. The monoisotopic (exact) mass is 364 g/mol. The van der Waals surface area contributed by atoms with Crippen molar-refractivity contribution in [2.24, 2.45) is 0 Å². The Balaban J connectivity index is 1.90. The van der Waals surface area contributed by atoms with Crippen LogP contribution < -0.4 is 5.32 Å². The molecule has 1 aromatic heterocycles. The van der Waals surface area contributed by atoms with Gasteiger partial charge in [0.15, 0.2) is 0 Å². The number of nitrogens with one attached hydrogen (secondary N) is 1. The second kappa shape index (κ2) is 6.00. The van der Waals surface area contributed by atoms with E-state index in [0.29, 0.717) is 12.1 Å². The first-order chi connectivity index (χ1) is 10.1. The van der Waals surface area contributed by atoms with Crippen LogP contribution in [0.15, 0.2) is 53.1 Å². The van der Waals surface area contributed by atoms with Crippen LogP contribution in [0.1, 0.15) is 5.56 Å². The van der Waals surface area contributed by atoms with Gasteiger partial charge < -0.3 is 5.32 Å². The van der Waals surface area contributed by atoms with Gasteiger partial charge in [-0.1, -0.05) is 35.9 Å². The van der Waals surface area contributed by atoms with E-state index in [1.165, 1.54) is 6.07 Å². The third kappa shape index (κ3) is 3.01. The molecule has 0 radical (unpaired) electrons. The molecular formula is C16H11BrClFN2. The van der Waals surface area contributed by atoms with Gasteiger partial charge in [0.25, 0.3) is 0 Å². The highest BCUT2D eigenvalue weighted by Crippen LogP contribution is 2.25. The molecule has 5 heteroatoms. The molecule has 0 spiro atoms. The number of nitrogens with zero attached hydrogens (tertiary/aromatic N) is 1. The van der Waals surface area contributed by atoms with Gasteiger partial charge >= 0.3 is 0 Å². The maximum atomic E-state index is 13.9. The molecule has 0 bridgehead atoms. The van der Waals surface area contributed by atoms with Crippen LogP contribution in [0.25, 0.3) is 10.9 Å². The van der Waals surface area contributed by atoms with Crippen LogP contribution >= 0.6 is 27.5 Å². The van der Waals surface area contributed by atoms with Crippen LogP contribution in [-0.4, -0.2) is 4.98 Å². The summed E-state index contributed by atoms with van der Waals surface area (Å²) in [6.07, 6.45) is 1.74. The zero-order valence-electron chi connectivity index (χ0n) is 10.9. The molecule has 3 rings (SSSR count). The maximum absolute atomic E-state index is 13.9. The minimum atomic E-state index is -0.386. The first kappa shape index (κ1) is 14.3. The van der Waals surface area contributed by atoms with Crippen molar-refractivity contribution in [3.63, 3.8) is 0 Å². The van der Waals surface area contributed by atoms with Gasteiger partial charge in [-0.25, -0.2) is 4.39 Å². The normalized spacial score (nSPS) is 10.8. The molecule has 2 aromatic carbocycles. The SMILES string of the molecule is Fc1c(Cl)cccc1CNc1cccc2cc(Br)cnc12. The Kier molecular flexibility index (Phi) is 4.08. The van der Waals surface area contributed by atoms with Crippen LogP contribution in [0.4, 0.5) is 10.1 Å². The molecule has 0 amide bonds. The number of pyridine rings is 1. The number of hydrogen-bond donors (Lipinski definition) is 1. The van der Waals surface area contributed by atoms with E-state index in [1.807, 2.05) is 24.3 Å². The number of anilines is 1. The van der Waals surface area contributed by atoms with Crippen molar-refractivity contribution in [3.05, 3.63) is 69.5 Å². The minimum absolute atomic E-state index is 0.134. The molecule has 1 N–H and O–H groups in total. The highest BCUT2D eigenvalue weighted by Gasteiger charge is 2.07. The van der Waals surface area contributed by atoms with Gasteiger partial charge in [0.1, 0.15) is 5.82 Å². The van der Waals surface area contributed by atoms with Crippen LogP contribution in [0.3, 0.4) is 0 Å². The summed E-state index contributed by atoms with van der Waals surface area (Å²) in [5.74, 6) is -0.386. The summed E-state index contributed by atoms with van der Waals surface area (Å²) in [6, 6.07) is 12.8. The first-order valence-electron chi connectivity index (χ1n) is 6.36. The number of fused-ring (bicyclic) bond motifs is 1. The number of aromatic nitrogens is 1. The largest absolute Gasteiger partial charge is 0.379 e. The van der Waals surface area contributed by atoms with Crippen LogP contribution in [0.2, 0.25) is 5.02 Å². The summed E-state index contributed by atoms with van der Waals surface area (Å²) in [5.41, 5.74) is 2.24. The van der Waals surface area contributed by atoms with Gasteiger partial charge in [-0.05, 0) is 34.1 Å². The van der Waals surface area contributed by atoms with E-state index < -0.39 is 0 Å². The molecule has 0 atom stereocenters. The van der Waals surface area contributed by atoms with Crippen LogP contribution in [-0.2, 0) is 6.54 Å². The summed E-state index contributed by atoms with van der Waals surface area (Å²) < 4.78 is 14.8. The van der Waals surface area contributed by atoms with Crippen molar-refractivity contribution in [1.29, 1.82) is 0 Å². The summed E-state index contributed by atoms with van der Waals surface area (Å²) in [4.78, 5) is 4.40. The second-order valence-electron chi connectivity index (χ2n) is 4.60. The van der Waals surface area contributed by atoms with Crippen LogP contribution in [0.5, 0.6) is 0 Å². The molecule has 0 aliphatic rings. The predicted molar refractivity (Wildman–Crippen MR) is 88.2 cm³/mol. The van der Waals surface area contributed by atoms with E-state index in [0.717, 1.165) is 21.1 Å². The van der Waals surface area contributed by atoms with Crippen molar-refractivity contribution >= 4 is 44.1 Å². The molecule has 0 fully saturated rings. The molecule has 106 valence electrons. The molecule has 21 heavy (non-hydrogen) atoms. The fourth-order valence-electron chi connectivity index (χ4n) is 2.15. The average molecular weight is 366 g/mol. The van der Waals surface area contributed by atoms with Crippen molar-refractivity contribution in [3.8, 4) is 0 Å². The fraction of sp³-hybridized carbons (Fsp3) is 0.0625. The van der Waals surface area contributed by atoms with Crippen molar-refractivity contribution in [2.75, 3.05) is 5.32 Å². The highest BCUT2D eigenvalue weighted by atomic mass is 79.9. The van der Waals surface area contributed by atoms with Gasteiger partial charge in [0.2, 0.25) is 0 Å². The zero-order chi connectivity index (χ0) is 14.8. The third-order valence-corrected chi connectivity index (χ3v) is 3.90. The van der Waals surface area contributed by atoms with E-state index in [1.54, 1.807) is 18.3 Å². The van der Waals surface area contributed by atoms with E-state index in [9.17, 15) is 4.39 Å². The zero-order valence-corrected chi connectivity index (χ0v) is 13.2. The lowest BCUT2D eigenvalue weighted by atomic mass is 10.1. The number of halogens is 3. The summed E-state index contributed by atoms with van der Waals surface area (Å²) in [6.45, 7) is 0.350. The van der Waals surface area contributed by atoms with Gasteiger partial charge in [-0.3, -0.25) is 4.98 Å². The standard InChI is InChI=1S/C16H11BrClFN2/c17-12-7-10-3-2-6-14(16(10)21-9-12)20-8-11-4-1-5-13(18)15(11)19/h1-7,9,20H,8H2. The Bertz CT molecular complexity index is 807. The smallest absolute Gasteiger partial charge is 0.146 e. The Labute approximate surface area is 135 Å². The predicted octanol–water partition coefficient (Wildman–Crippen LogP) is 5.40. The van der Waals surface area contributed by atoms with E-state index in [2.05, 4.69) is 26.2 Å².